The minimum absolute atomic E-state index is 0.0282. The Morgan fingerprint density at radius 1 is 1.16 bits per heavy atom. The van der Waals surface area contributed by atoms with Crippen LogP contribution in [-0.4, -0.2) is 53.3 Å². The number of rotatable bonds is 7. The third-order valence-corrected chi connectivity index (χ3v) is 5.00. The molecule has 0 fully saturated rings. The van der Waals surface area contributed by atoms with Crippen molar-refractivity contribution in [2.75, 3.05) is 26.7 Å². The number of thiazole rings is 1. The van der Waals surface area contributed by atoms with Gasteiger partial charge >= 0.3 is 0 Å². The molecule has 1 aromatic carbocycles. The monoisotopic (exact) mass is 359 g/mol. The first-order valence-corrected chi connectivity index (χ1v) is 9.35. The lowest BCUT2D eigenvalue weighted by atomic mass is 10.1. The zero-order chi connectivity index (χ0) is 18.4. The number of aryl methyl sites for hydroxylation is 1. The fraction of sp³-hybridized carbons (Fsp3) is 0.421. The number of carbonyl (C=O) groups is 2. The molecule has 0 N–H and O–H groups in total. The van der Waals surface area contributed by atoms with Gasteiger partial charge in [0.2, 0.25) is 11.8 Å². The molecule has 0 bridgehead atoms. The molecule has 0 saturated carbocycles. The van der Waals surface area contributed by atoms with E-state index in [-0.39, 0.29) is 24.8 Å². The third kappa shape index (κ3) is 5.13. The largest absolute Gasteiger partial charge is 0.342 e. The van der Waals surface area contributed by atoms with Gasteiger partial charge < -0.3 is 9.80 Å². The quantitative estimate of drug-likeness (QED) is 0.764. The molecule has 0 atom stereocenters. The van der Waals surface area contributed by atoms with E-state index in [1.54, 1.807) is 11.9 Å². The predicted molar refractivity (Wildman–Crippen MR) is 102 cm³/mol. The van der Waals surface area contributed by atoms with E-state index in [9.17, 15) is 9.59 Å². The molecular formula is C19H25N3O2S. The topological polar surface area (TPSA) is 53.5 Å². The summed E-state index contributed by atoms with van der Waals surface area (Å²) in [5.41, 5.74) is 2.99. The van der Waals surface area contributed by atoms with Crippen molar-refractivity contribution in [3.8, 4) is 10.6 Å². The van der Waals surface area contributed by atoms with Gasteiger partial charge in [-0.25, -0.2) is 4.98 Å². The Balaban J connectivity index is 1.98. The van der Waals surface area contributed by atoms with E-state index in [0.29, 0.717) is 13.1 Å². The lowest BCUT2D eigenvalue weighted by Gasteiger charge is -2.23. The number of aromatic nitrogens is 1. The molecular weight excluding hydrogens is 334 g/mol. The van der Waals surface area contributed by atoms with Crippen LogP contribution in [0, 0.1) is 6.92 Å². The second kappa shape index (κ2) is 8.76. The van der Waals surface area contributed by atoms with Gasteiger partial charge in [-0.3, -0.25) is 9.59 Å². The van der Waals surface area contributed by atoms with Crippen LogP contribution in [0.5, 0.6) is 0 Å². The van der Waals surface area contributed by atoms with Gasteiger partial charge in [-0.05, 0) is 26.8 Å². The van der Waals surface area contributed by atoms with Crippen LogP contribution in [0.1, 0.15) is 25.1 Å². The van der Waals surface area contributed by atoms with Crippen molar-refractivity contribution in [2.45, 2.75) is 27.2 Å². The van der Waals surface area contributed by atoms with E-state index in [1.165, 1.54) is 21.8 Å². The van der Waals surface area contributed by atoms with Gasteiger partial charge in [-0.2, -0.15) is 0 Å². The van der Waals surface area contributed by atoms with Crippen LogP contribution in [0.3, 0.4) is 0 Å². The van der Waals surface area contributed by atoms with Crippen molar-refractivity contribution >= 4 is 23.2 Å². The molecule has 0 aliphatic carbocycles. The van der Waals surface area contributed by atoms with Gasteiger partial charge in [0, 0.05) is 31.1 Å². The second-order valence-electron chi connectivity index (χ2n) is 6.01. The van der Waals surface area contributed by atoms with E-state index >= 15 is 0 Å². The molecule has 0 unspecified atom stereocenters. The highest BCUT2D eigenvalue weighted by molar-refractivity contribution is 7.13. The Labute approximate surface area is 153 Å². The summed E-state index contributed by atoms with van der Waals surface area (Å²) < 4.78 is 0. The molecule has 1 heterocycles. The predicted octanol–water partition coefficient (Wildman–Crippen LogP) is 2.99. The minimum atomic E-state index is -0.0957. The fourth-order valence-corrected chi connectivity index (χ4v) is 3.37. The van der Waals surface area contributed by atoms with Crippen LogP contribution in [-0.2, 0) is 16.0 Å². The van der Waals surface area contributed by atoms with Crippen LogP contribution in [0.4, 0.5) is 0 Å². The van der Waals surface area contributed by atoms with E-state index < -0.39 is 0 Å². The molecule has 0 aliphatic heterocycles. The van der Waals surface area contributed by atoms with Crippen molar-refractivity contribution in [2.24, 2.45) is 0 Å². The lowest BCUT2D eigenvalue weighted by Crippen LogP contribution is -2.41. The maximum atomic E-state index is 12.4. The molecule has 25 heavy (non-hydrogen) atoms. The van der Waals surface area contributed by atoms with Crippen molar-refractivity contribution in [1.29, 1.82) is 0 Å². The molecule has 2 rings (SSSR count). The van der Waals surface area contributed by atoms with Gasteiger partial charge in [0.05, 0.1) is 18.7 Å². The molecule has 0 saturated heterocycles. The molecule has 1 aromatic heterocycles. The SMILES string of the molecule is CCN(CC)C(=O)CN(C)C(=O)Cc1csc(-c2cccc(C)c2)n1. The molecule has 2 aromatic rings. The molecule has 0 radical (unpaired) electrons. The zero-order valence-corrected chi connectivity index (χ0v) is 16.1. The Morgan fingerprint density at radius 2 is 1.88 bits per heavy atom. The highest BCUT2D eigenvalue weighted by Crippen LogP contribution is 2.24. The van der Waals surface area contributed by atoms with E-state index in [1.807, 2.05) is 44.4 Å². The number of benzene rings is 1. The van der Waals surface area contributed by atoms with Crippen LogP contribution < -0.4 is 0 Å². The first kappa shape index (κ1) is 19.1. The normalized spacial score (nSPS) is 10.6. The summed E-state index contributed by atoms with van der Waals surface area (Å²) in [5, 5.41) is 2.82. The molecule has 5 nitrogen and oxygen atoms in total. The molecule has 0 aliphatic rings. The first-order chi connectivity index (χ1) is 11.9. The Kier molecular flexibility index (Phi) is 6.70. The van der Waals surface area contributed by atoms with Crippen molar-refractivity contribution < 1.29 is 9.59 Å². The van der Waals surface area contributed by atoms with Crippen molar-refractivity contribution in [1.82, 2.24) is 14.8 Å². The molecule has 134 valence electrons. The second-order valence-corrected chi connectivity index (χ2v) is 6.86. The Hall–Kier alpha value is -2.21. The first-order valence-electron chi connectivity index (χ1n) is 8.47. The Morgan fingerprint density at radius 3 is 2.52 bits per heavy atom. The summed E-state index contributed by atoms with van der Waals surface area (Å²) in [6.07, 6.45) is 0.213. The average Bonchev–Trinajstić information content (AvgIpc) is 3.04. The zero-order valence-electron chi connectivity index (χ0n) is 15.3. The van der Waals surface area contributed by atoms with Gasteiger partial charge in [-0.1, -0.05) is 23.8 Å². The molecule has 0 spiro atoms. The number of likely N-dealkylation sites (N-methyl/N-ethyl adjacent to an activating group) is 2. The van der Waals surface area contributed by atoms with Gasteiger partial charge in [0.1, 0.15) is 5.01 Å². The van der Waals surface area contributed by atoms with Crippen LogP contribution in [0.15, 0.2) is 29.6 Å². The van der Waals surface area contributed by atoms with E-state index in [0.717, 1.165) is 16.3 Å². The number of hydrogen-bond acceptors (Lipinski definition) is 4. The summed E-state index contributed by atoms with van der Waals surface area (Å²) in [6.45, 7) is 7.34. The smallest absolute Gasteiger partial charge is 0.242 e. The van der Waals surface area contributed by atoms with Crippen molar-refractivity contribution in [3.05, 3.63) is 40.9 Å². The Bertz CT molecular complexity index is 738. The minimum Gasteiger partial charge on any atom is -0.342 e. The van der Waals surface area contributed by atoms with Crippen LogP contribution >= 0.6 is 11.3 Å². The number of amides is 2. The summed E-state index contributed by atoms with van der Waals surface area (Å²) in [7, 11) is 1.66. The standard InChI is InChI=1S/C19H25N3O2S/c1-5-22(6-2)18(24)12-21(4)17(23)11-16-13-25-19(20-16)15-9-7-8-14(3)10-15/h7-10,13H,5-6,11-12H2,1-4H3. The summed E-state index contributed by atoms with van der Waals surface area (Å²) in [6, 6.07) is 8.15. The third-order valence-electron chi connectivity index (χ3n) is 4.06. The van der Waals surface area contributed by atoms with Crippen LogP contribution in [0.25, 0.3) is 10.6 Å². The molecule has 6 heteroatoms. The van der Waals surface area contributed by atoms with Crippen LogP contribution in [0.2, 0.25) is 0 Å². The highest BCUT2D eigenvalue weighted by atomic mass is 32.1. The maximum Gasteiger partial charge on any atom is 0.242 e. The number of carbonyl (C=O) groups excluding carboxylic acids is 2. The summed E-state index contributed by atoms with van der Waals surface area (Å²) >= 11 is 1.53. The van der Waals surface area contributed by atoms with Gasteiger partial charge in [-0.15, -0.1) is 11.3 Å². The lowest BCUT2D eigenvalue weighted by molar-refractivity contribution is -0.138. The average molecular weight is 359 g/mol. The molecule has 2 amide bonds. The summed E-state index contributed by atoms with van der Waals surface area (Å²) in [4.78, 5) is 32.2. The highest BCUT2D eigenvalue weighted by Gasteiger charge is 2.18. The van der Waals surface area contributed by atoms with Gasteiger partial charge in [0.25, 0.3) is 0 Å². The van der Waals surface area contributed by atoms with E-state index in [4.69, 9.17) is 0 Å². The summed E-state index contributed by atoms with van der Waals surface area (Å²) in [5.74, 6) is -0.124. The number of nitrogens with zero attached hydrogens (tertiary/aromatic N) is 3. The van der Waals surface area contributed by atoms with Gasteiger partial charge in [0.15, 0.2) is 0 Å². The van der Waals surface area contributed by atoms with Crippen molar-refractivity contribution in [3.63, 3.8) is 0 Å². The number of hydrogen-bond donors (Lipinski definition) is 0. The van der Waals surface area contributed by atoms with E-state index in [2.05, 4.69) is 11.1 Å². The maximum absolute atomic E-state index is 12.4. The fourth-order valence-electron chi connectivity index (χ4n) is 2.56.